The molecule has 2 aliphatic rings. The Morgan fingerprint density at radius 2 is 1.96 bits per heavy atom. The third-order valence-electron chi connectivity index (χ3n) is 5.24. The normalized spacial score (nSPS) is 21.0. The summed E-state index contributed by atoms with van der Waals surface area (Å²) in [6.07, 6.45) is 4.98. The van der Waals surface area contributed by atoms with Crippen LogP contribution in [0.5, 0.6) is 0 Å². The van der Waals surface area contributed by atoms with Gasteiger partial charge in [0.2, 0.25) is 5.91 Å². The van der Waals surface area contributed by atoms with Crippen molar-refractivity contribution in [2.24, 2.45) is 5.92 Å². The van der Waals surface area contributed by atoms with E-state index >= 15 is 0 Å². The van der Waals surface area contributed by atoms with E-state index in [1.165, 1.54) is 10.4 Å². The van der Waals surface area contributed by atoms with E-state index in [1.54, 1.807) is 11.3 Å². The van der Waals surface area contributed by atoms with Gasteiger partial charge in [0.25, 0.3) is 0 Å². The standard InChI is InChI=1S/C21H23NO3S/c1-2-25-21(24)18-14-10-6-7-11-17(14)26-20(18)22-19(23)16-12-15(16)13-8-4-3-5-9-13/h3-5,8-9,15-16H,2,6-7,10-12H2,1H3,(H,22,23)/t15-,16+/m1/s1. The predicted molar refractivity (Wildman–Crippen MR) is 103 cm³/mol. The second-order valence-corrected chi connectivity index (χ2v) is 8.09. The van der Waals surface area contributed by atoms with Gasteiger partial charge in [-0.2, -0.15) is 0 Å². The van der Waals surface area contributed by atoms with Crippen LogP contribution >= 0.6 is 11.3 Å². The number of carbonyl (C=O) groups excluding carboxylic acids is 2. The number of amides is 1. The molecule has 2 atom stereocenters. The van der Waals surface area contributed by atoms with Crippen molar-refractivity contribution in [1.29, 1.82) is 0 Å². The Labute approximate surface area is 157 Å². The van der Waals surface area contributed by atoms with Crippen LogP contribution < -0.4 is 5.32 Å². The monoisotopic (exact) mass is 369 g/mol. The van der Waals surface area contributed by atoms with E-state index in [9.17, 15) is 9.59 Å². The fourth-order valence-corrected chi connectivity index (χ4v) is 5.11. The van der Waals surface area contributed by atoms with Crippen molar-refractivity contribution in [2.45, 2.75) is 44.9 Å². The fraction of sp³-hybridized carbons (Fsp3) is 0.429. The number of carbonyl (C=O) groups is 2. The van der Waals surface area contributed by atoms with Gasteiger partial charge in [-0.1, -0.05) is 30.3 Å². The number of fused-ring (bicyclic) bond motifs is 1. The zero-order chi connectivity index (χ0) is 18.1. The maximum atomic E-state index is 12.7. The van der Waals surface area contributed by atoms with Crippen LogP contribution in [0, 0.1) is 5.92 Å². The van der Waals surface area contributed by atoms with E-state index in [4.69, 9.17) is 4.74 Å². The average molecular weight is 369 g/mol. The summed E-state index contributed by atoms with van der Waals surface area (Å²) in [5, 5.41) is 3.73. The fourth-order valence-electron chi connectivity index (χ4n) is 3.83. The molecular weight excluding hydrogens is 346 g/mol. The average Bonchev–Trinajstić information content (AvgIpc) is 3.38. The number of rotatable bonds is 5. The lowest BCUT2D eigenvalue weighted by Gasteiger charge is -2.12. The zero-order valence-corrected chi connectivity index (χ0v) is 15.7. The molecule has 4 rings (SSSR count). The molecule has 1 aromatic carbocycles. The lowest BCUT2D eigenvalue weighted by molar-refractivity contribution is -0.117. The highest BCUT2D eigenvalue weighted by atomic mass is 32.1. The van der Waals surface area contributed by atoms with Crippen molar-refractivity contribution < 1.29 is 14.3 Å². The van der Waals surface area contributed by atoms with Crippen molar-refractivity contribution in [3.63, 3.8) is 0 Å². The maximum absolute atomic E-state index is 12.7. The van der Waals surface area contributed by atoms with E-state index < -0.39 is 0 Å². The summed E-state index contributed by atoms with van der Waals surface area (Å²) in [4.78, 5) is 26.5. The molecule has 0 spiro atoms. The van der Waals surface area contributed by atoms with Crippen LogP contribution in [0.3, 0.4) is 0 Å². The highest BCUT2D eigenvalue weighted by Gasteiger charge is 2.44. The van der Waals surface area contributed by atoms with Crippen molar-refractivity contribution in [1.82, 2.24) is 0 Å². The number of aryl methyl sites for hydroxylation is 1. The van der Waals surface area contributed by atoms with Crippen LogP contribution in [0.25, 0.3) is 0 Å². The van der Waals surface area contributed by atoms with Crippen molar-refractivity contribution in [3.8, 4) is 0 Å². The second kappa shape index (κ2) is 7.23. The van der Waals surface area contributed by atoms with Crippen LogP contribution in [0.15, 0.2) is 30.3 Å². The minimum absolute atomic E-state index is 0.00780. The Balaban J connectivity index is 1.54. The van der Waals surface area contributed by atoms with Gasteiger partial charge in [0.05, 0.1) is 12.2 Å². The summed E-state index contributed by atoms with van der Waals surface area (Å²) in [7, 11) is 0. The number of anilines is 1. The van der Waals surface area contributed by atoms with Crippen LogP contribution in [-0.2, 0) is 22.4 Å². The minimum atomic E-state index is -0.308. The topological polar surface area (TPSA) is 55.4 Å². The van der Waals surface area contributed by atoms with Crippen LogP contribution in [-0.4, -0.2) is 18.5 Å². The molecule has 26 heavy (non-hydrogen) atoms. The van der Waals surface area contributed by atoms with Crippen LogP contribution in [0.2, 0.25) is 0 Å². The molecule has 4 nitrogen and oxygen atoms in total. The van der Waals surface area contributed by atoms with Crippen LogP contribution in [0.1, 0.15) is 58.5 Å². The summed E-state index contributed by atoms with van der Waals surface area (Å²) in [6.45, 7) is 2.15. The van der Waals surface area contributed by atoms with Crippen molar-refractivity contribution in [2.75, 3.05) is 11.9 Å². The second-order valence-electron chi connectivity index (χ2n) is 6.98. The highest BCUT2D eigenvalue weighted by molar-refractivity contribution is 7.17. The molecule has 1 heterocycles. The number of hydrogen-bond acceptors (Lipinski definition) is 4. The molecule has 1 N–H and O–H groups in total. The van der Waals surface area contributed by atoms with E-state index in [2.05, 4.69) is 17.4 Å². The zero-order valence-electron chi connectivity index (χ0n) is 14.9. The van der Waals surface area contributed by atoms with E-state index in [1.807, 2.05) is 25.1 Å². The molecule has 1 fully saturated rings. The number of esters is 1. The third kappa shape index (κ3) is 3.28. The van der Waals surface area contributed by atoms with E-state index in [0.717, 1.165) is 37.7 Å². The number of ether oxygens (including phenoxy) is 1. The summed E-state index contributed by atoms with van der Waals surface area (Å²) >= 11 is 1.55. The van der Waals surface area contributed by atoms with E-state index in [0.29, 0.717) is 17.2 Å². The van der Waals surface area contributed by atoms with Gasteiger partial charge in [-0.05, 0) is 56.1 Å². The molecule has 0 bridgehead atoms. The molecular formula is C21H23NO3S. The first-order valence-corrected chi connectivity index (χ1v) is 10.2. The first-order chi connectivity index (χ1) is 12.7. The molecule has 0 saturated heterocycles. The molecule has 1 saturated carbocycles. The lowest BCUT2D eigenvalue weighted by atomic mass is 9.95. The van der Waals surface area contributed by atoms with Gasteiger partial charge < -0.3 is 10.1 Å². The van der Waals surface area contributed by atoms with Gasteiger partial charge >= 0.3 is 5.97 Å². The molecule has 5 heteroatoms. The molecule has 0 radical (unpaired) electrons. The predicted octanol–water partition coefficient (Wildman–Crippen LogP) is 4.55. The third-order valence-corrected chi connectivity index (χ3v) is 6.45. The van der Waals surface area contributed by atoms with Gasteiger partial charge in [-0.3, -0.25) is 4.79 Å². The molecule has 1 aromatic heterocycles. The smallest absolute Gasteiger partial charge is 0.341 e. The Hall–Kier alpha value is -2.14. The molecule has 2 aliphatic carbocycles. The van der Waals surface area contributed by atoms with Gasteiger partial charge in [0.15, 0.2) is 0 Å². The number of thiophene rings is 1. The van der Waals surface area contributed by atoms with Crippen molar-refractivity contribution in [3.05, 3.63) is 51.9 Å². The number of hydrogen-bond donors (Lipinski definition) is 1. The first kappa shape index (κ1) is 17.3. The first-order valence-electron chi connectivity index (χ1n) is 9.36. The number of benzene rings is 1. The molecule has 0 unspecified atom stereocenters. The van der Waals surface area contributed by atoms with Gasteiger partial charge in [-0.25, -0.2) is 4.79 Å². The summed E-state index contributed by atoms with van der Waals surface area (Å²) in [6, 6.07) is 10.2. The Morgan fingerprint density at radius 1 is 1.19 bits per heavy atom. The quantitative estimate of drug-likeness (QED) is 0.787. The molecule has 136 valence electrons. The highest BCUT2D eigenvalue weighted by Crippen LogP contribution is 2.48. The van der Waals surface area contributed by atoms with Crippen LogP contribution in [0.4, 0.5) is 5.00 Å². The van der Waals surface area contributed by atoms with Gasteiger partial charge in [0.1, 0.15) is 5.00 Å². The largest absolute Gasteiger partial charge is 0.462 e. The Kier molecular flexibility index (Phi) is 4.81. The summed E-state index contributed by atoms with van der Waals surface area (Å²) in [5.74, 6) is -0.0102. The SMILES string of the molecule is CCOC(=O)c1c(NC(=O)[C@H]2C[C@@H]2c2ccccc2)sc2c1CCCC2. The Bertz CT molecular complexity index is 827. The molecule has 0 aliphatic heterocycles. The lowest BCUT2D eigenvalue weighted by Crippen LogP contribution is -2.17. The minimum Gasteiger partial charge on any atom is -0.462 e. The maximum Gasteiger partial charge on any atom is 0.341 e. The van der Waals surface area contributed by atoms with Crippen molar-refractivity contribution >= 4 is 28.2 Å². The van der Waals surface area contributed by atoms with E-state index in [-0.39, 0.29) is 23.7 Å². The summed E-state index contributed by atoms with van der Waals surface area (Å²) < 4.78 is 5.26. The Morgan fingerprint density at radius 3 is 2.73 bits per heavy atom. The number of nitrogens with one attached hydrogen (secondary N) is 1. The van der Waals surface area contributed by atoms with Gasteiger partial charge in [-0.15, -0.1) is 11.3 Å². The molecule has 2 aromatic rings. The summed E-state index contributed by atoms with van der Waals surface area (Å²) in [5.41, 5.74) is 2.89. The van der Waals surface area contributed by atoms with Gasteiger partial charge in [0, 0.05) is 10.8 Å². The molecule has 1 amide bonds.